The quantitative estimate of drug-likeness (QED) is 0.778. The van der Waals surface area contributed by atoms with Gasteiger partial charge >= 0.3 is 0 Å². The van der Waals surface area contributed by atoms with Crippen molar-refractivity contribution in [3.05, 3.63) is 27.9 Å². The number of aromatic nitrogens is 2. The first-order chi connectivity index (χ1) is 7.02. The predicted octanol–water partition coefficient (Wildman–Crippen LogP) is 3.96. The Morgan fingerprint density at radius 1 is 1.33 bits per heavy atom. The molecule has 2 aromatic rings. The van der Waals surface area contributed by atoms with E-state index in [0.717, 1.165) is 16.2 Å². The second kappa shape index (κ2) is 3.53. The fraction of sp³-hybridized carbons (Fsp3) is 0.417. The topological polar surface area (TPSA) is 28.7 Å². The molecule has 1 N–H and O–H groups in total. The molecule has 0 amide bonds. The zero-order valence-electron chi connectivity index (χ0n) is 9.48. The first-order valence-corrected chi connectivity index (χ1v) is 5.53. The van der Waals surface area contributed by atoms with Crippen LogP contribution < -0.4 is 0 Å². The number of fused-ring (bicyclic) bond motifs is 1. The van der Waals surface area contributed by atoms with Crippen LogP contribution in [0.5, 0.6) is 0 Å². The van der Waals surface area contributed by atoms with Gasteiger partial charge in [-0.1, -0.05) is 25.4 Å². The van der Waals surface area contributed by atoms with Gasteiger partial charge < -0.3 is 0 Å². The van der Waals surface area contributed by atoms with Crippen LogP contribution in [0.25, 0.3) is 10.9 Å². The molecule has 0 bridgehead atoms. The summed E-state index contributed by atoms with van der Waals surface area (Å²) in [6.45, 7) is 8.49. The maximum absolute atomic E-state index is 6.19. The Morgan fingerprint density at radius 3 is 2.60 bits per heavy atom. The number of aromatic amines is 1. The Balaban J connectivity index is 2.93. The minimum atomic E-state index is 0.461. The monoisotopic (exact) mass is 222 g/mol. The van der Waals surface area contributed by atoms with Crippen LogP contribution in [-0.4, -0.2) is 10.2 Å². The van der Waals surface area contributed by atoms with Crippen LogP contribution in [0.2, 0.25) is 5.02 Å². The molecule has 0 fully saturated rings. The molecule has 2 rings (SSSR count). The van der Waals surface area contributed by atoms with E-state index < -0.39 is 0 Å². The Labute approximate surface area is 94.6 Å². The number of nitrogens with one attached hydrogen (secondary N) is 1. The van der Waals surface area contributed by atoms with Gasteiger partial charge in [-0.2, -0.15) is 5.10 Å². The van der Waals surface area contributed by atoms with E-state index in [-0.39, 0.29) is 0 Å². The van der Waals surface area contributed by atoms with Gasteiger partial charge in [0.25, 0.3) is 0 Å². The molecular weight excluding hydrogens is 208 g/mol. The molecule has 1 heterocycles. The molecule has 0 aliphatic carbocycles. The van der Waals surface area contributed by atoms with E-state index in [4.69, 9.17) is 11.6 Å². The summed E-state index contributed by atoms with van der Waals surface area (Å²) in [5.41, 5.74) is 4.56. The molecule has 15 heavy (non-hydrogen) atoms. The van der Waals surface area contributed by atoms with Crippen LogP contribution in [-0.2, 0) is 0 Å². The van der Waals surface area contributed by atoms with Gasteiger partial charge in [-0.25, -0.2) is 0 Å². The normalized spacial score (nSPS) is 11.6. The van der Waals surface area contributed by atoms with Crippen molar-refractivity contribution in [2.24, 2.45) is 0 Å². The Morgan fingerprint density at radius 2 is 2.00 bits per heavy atom. The zero-order valence-corrected chi connectivity index (χ0v) is 10.2. The Bertz CT molecular complexity index is 512. The molecule has 0 saturated carbocycles. The molecule has 80 valence electrons. The lowest BCUT2D eigenvalue weighted by Gasteiger charge is -2.13. The number of halogens is 1. The number of benzene rings is 1. The van der Waals surface area contributed by atoms with Gasteiger partial charge in [0.05, 0.1) is 5.52 Å². The van der Waals surface area contributed by atoms with E-state index in [0.29, 0.717) is 5.92 Å². The van der Waals surface area contributed by atoms with Gasteiger partial charge in [-0.3, -0.25) is 5.10 Å². The summed E-state index contributed by atoms with van der Waals surface area (Å²) in [7, 11) is 0. The van der Waals surface area contributed by atoms with Crippen LogP contribution in [0.1, 0.15) is 36.6 Å². The van der Waals surface area contributed by atoms with Crippen molar-refractivity contribution in [2.45, 2.75) is 33.6 Å². The fourth-order valence-corrected chi connectivity index (χ4v) is 2.36. The third kappa shape index (κ3) is 1.53. The van der Waals surface area contributed by atoms with Crippen LogP contribution in [0, 0.1) is 13.8 Å². The summed E-state index contributed by atoms with van der Waals surface area (Å²) in [4.78, 5) is 0. The van der Waals surface area contributed by atoms with Gasteiger partial charge in [0.1, 0.15) is 0 Å². The third-order valence-corrected chi connectivity index (χ3v) is 3.24. The van der Waals surface area contributed by atoms with Gasteiger partial charge in [-0.15, -0.1) is 0 Å². The van der Waals surface area contributed by atoms with E-state index in [9.17, 15) is 0 Å². The van der Waals surface area contributed by atoms with Gasteiger partial charge in [-0.05, 0) is 37.0 Å². The fourth-order valence-electron chi connectivity index (χ4n) is 2.16. The van der Waals surface area contributed by atoms with E-state index in [1.54, 1.807) is 0 Å². The number of hydrogen-bond donors (Lipinski definition) is 1. The minimum Gasteiger partial charge on any atom is -0.282 e. The summed E-state index contributed by atoms with van der Waals surface area (Å²) in [6.07, 6.45) is 0. The van der Waals surface area contributed by atoms with Crippen molar-refractivity contribution in [1.82, 2.24) is 10.2 Å². The summed E-state index contributed by atoms with van der Waals surface area (Å²) >= 11 is 6.19. The maximum atomic E-state index is 6.19. The van der Waals surface area contributed by atoms with Crippen LogP contribution in [0.3, 0.4) is 0 Å². The molecule has 0 saturated heterocycles. The molecule has 0 unspecified atom stereocenters. The van der Waals surface area contributed by atoms with E-state index >= 15 is 0 Å². The van der Waals surface area contributed by atoms with Crippen LogP contribution in [0.15, 0.2) is 6.07 Å². The lowest BCUT2D eigenvalue weighted by molar-refractivity contribution is 0.866. The Kier molecular flexibility index (Phi) is 2.47. The second-order valence-corrected chi connectivity index (χ2v) is 4.70. The molecule has 1 aromatic heterocycles. The van der Waals surface area contributed by atoms with Crippen LogP contribution >= 0.6 is 11.6 Å². The molecule has 2 nitrogen and oxygen atoms in total. The van der Waals surface area contributed by atoms with Crippen molar-refractivity contribution in [1.29, 1.82) is 0 Å². The van der Waals surface area contributed by atoms with E-state index in [1.807, 2.05) is 6.07 Å². The lowest BCUT2D eigenvalue weighted by Crippen LogP contribution is -1.95. The highest BCUT2D eigenvalue weighted by Crippen LogP contribution is 2.34. The van der Waals surface area contributed by atoms with Gasteiger partial charge in [0.2, 0.25) is 0 Å². The molecule has 1 aromatic carbocycles. The van der Waals surface area contributed by atoms with Crippen molar-refractivity contribution < 1.29 is 0 Å². The molecule has 0 aliphatic rings. The number of aryl methyl sites for hydroxylation is 1. The molecule has 0 radical (unpaired) electrons. The highest BCUT2D eigenvalue weighted by molar-refractivity contribution is 6.32. The van der Waals surface area contributed by atoms with Crippen molar-refractivity contribution in [3.63, 3.8) is 0 Å². The summed E-state index contributed by atoms with van der Waals surface area (Å²) < 4.78 is 0. The molecule has 0 atom stereocenters. The minimum absolute atomic E-state index is 0.461. The lowest BCUT2D eigenvalue weighted by atomic mass is 9.93. The standard InChI is InChI=1S/C12H15ClN2/c1-6(2)11-7(3)9(13)5-10-12(11)8(4)14-15-10/h5-6H,1-4H3,(H,14,15). The molecule has 0 spiro atoms. The molecular formula is C12H15ClN2. The SMILES string of the molecule is Cc1c(Cl)cc2n[nH]c(C)c2c1C(C)C. The maximum Gasteiger partial charge on any atom is 0.0941 e. The summed E-state index contributed by atoms with van der Waals surface area (Å²) in [5, 5.41) is 9.30. The van der Waals surface area contributed by atoms with E-state index in [1.165, 1.54) is 16.5 Å². The van der Waals surface area contributed by atoms with Crippen LogP contribution in [0.4, 0.5) is 0 Å². The number of H-pyrrole nitrogens is 1. The van der Waals surface area contributed by atoms with Crippen molar-refractivity contribution in [3.8, 4) is 0 Å². The molecule has 0 aliphatic heterocycles. The van der Waals surface area contributed by atoms with Crippen molar-refractivity contribution in [2.75, 3.05) is 0 Å². The predicted molar refractivity (Wildman–Crippen MR) is 64.7 cm³/mol. The first-order valence-electron chi connectivity index (χ1n) is 5.16. The highest BCUT2D eigenvalue weighted by Gasteiger charge is 2.15. The Hall–Kier alpha value is -1.02. The van der Waals surface area contributed by atoms with Crippen molar-refractivity contribution >= 4 is 22.5 Å². The third-order valence-electron chi connectivity index (χ3n) is 2.85. The average molecular weight is 223 g/mol. The van der Waals surface area contributed by atoms with Gasteiger partial charge in [0.15, 0.2) is 0 Å². The van der Waals surface area contributed by atoms with Gasteiger partial charge in [0, 0.05) is 16.1 Å². The summed E-state index contributed by atoms with van der Waals surface area (Å²) in [6, 6.07) is 1.93. The van der Waals surface area contributed by atoms with E-state index in [2.05, 4.69) is 37.9 Å². The average Bonchev–Trinajstić information content (AvgIpc) is 2.49. The number of rotatable bonds is 1. The largest absolute Gasteiger partial charge is 0.282 e. The number of nitrogens with zero attached hydrogens (tertiary/aromatic N) is 1. The first kappa shape index (κ1) is 10.5. The second-order valence-electron chi connectivity index (χ2n) is 4.29. The zero-order chi connectivity index (χ0) is 11.2. The number of hydrogen-bond acceptors (Lipinski definition) is 1. The smallest absolute Gasteiger partial charge is 0.0941 e. The summed E-state index contributed by atoms with van der Waals surface area (Å²) in [5.74, 6) is 0.461. The molecule has 3 heteroatoms. The highest BCUT2D eigenvalue weighted by atomic mass is 35.5.